The van der Waals surface area contributed by atoms with E-state index in [1.54, 1.807) is 41.7 Å². The maximum absolute atomic E-state index is 12.0. The number of ether oxygens (including phenoxy) is 1. The summed E-state index contributed by atoms with van der Waals surface area (Å²) in [6.07, 6.45) is 0. The number of rotatable bonds is 8. The molecule has 3 rings (SSSR count). The van der Waals surface area contributed by atoms with Crippen molar-refractivity contribution >= 4 is 58.5 Å². The van der Waals surface area contributed by atoms with E-state index in [-0.39, 0.29) is 42.5 Å². The van der Waals surface area contributed by atoms with Gasteiger partial charge in [-0.05, 0) is 22.9 Å². The normalized spacial score (nSPS) is 15.9. The molecular formula is C20H30IN5O2S2. The number of amides is 1. The second kappa shape index (κ2) is 13.3. The third kappa shape index (κ3) is 7.80. The molecule has 1 aliphatic rings. The molecule has 0 aliphatic carbocycles. The lowest BCUT2D eigenvalue weighted by Gasteiger charge is -2.34. The summed E-state index contributed by atoms with van der Waals surface area (Å²) in [7, 11) is 3.49. The number of guanidine groups is 1. The van der Waals surface area contributed by atoms with Crippen LogP contribution in [-0.2, 0) is 16.1 Å². The molecule has 0 saturated carbocycles. The fourth-order valence-electron chi connectivity index (χ4n) is 3.02. The third-order valence-corrected chi connectivity index (χ3v) is 6.55. The molecule has 1 aliphatic heterocycles. The van der Waals surface area contributed by atoms with Crippen LogP contribution in [0.25, 0.3) is 0 Å². The van der Waals surface area contributed by atoms with Crippen molar-refractivity contribution in [3.63, 3.8) is 0 Å². The van der Waals surface area contributed by atoms with E-state index in [1.165, 1.54) is 9.75 Å². The van der Waals surface area contributed by atoms with Gasteiger partial charge in [0.1, 0.15) is 6.54 Å². The lowest BCUT2D eigenvalue weighted by Crippen LogP contribution is -2.46. The van der Waals surface area contributed by atoms with E-state index in [1.807, 2.05) is 6.07 Å². The van der Waals surface area contributed by atoms with Gasteiger partial charge in [-0.25, -0.2) is 4.99 Å². The fraction of sp³-hybridized carbons (Fsp3) is 0.500. The first-order valence-corrected chi connectivity index (χ1v) is 11.5. The highest BCUT2D eigenvalue weighted by atomic mass is 127. The molecule has 1 fully saturated rings. The molecule has 166 valence electrons. The number of likely N-dealkylation sites (N-methyl/N-ethyl adjacent to an activating group) is 1. The zero-order valence-corrected chi connectivity index (χ0v) is 21.3. The molecule has 2 N–H and O–H groups in total. The fourth-order valence-corrected chi connectivity index (χ4v) is 4.52. The molecule has 1 unspecified atom stereocenters. The topological polar surface area (TPSA) is 69.2 Å². The van der Waals surface area contributed by atoms with Crippen LogP contribution < -0.4 is 10.6 Å². The van der Waals surface area contributed by atoms with Crippen LogP contribution in [0.15, 0.2) is 40.0 Å². The van der Waals surface area contributed by atoms with Crippen LogP contribution in [0, 0.1) is 0 Å². The number of nitrogens with zero attached hydrogens (tertiary/aromatic N) is 3. The minimum atomic E-state index is -0.0230. The van der Waals surface area contributed by atoms with Crippen molar-refractivity contribution in [1.29, 1.82) is 0 Å². The summed E-state index contributed by atoms with van der Waals surface area (Å²) in [5, 5.41) is 11.0. The molecule has 1 saturated heterocycles. The number of carbonyl (C=O) groups excluding carboxylic acids is 1. The number of halogens is 1. The number of morpholine rings is 1. The van der Waals surface area contributed by atoms with Crippen molar-refractivity contribution < 1.29 is 9.53 Å². The summed E-state index contributed by atoms with van der Waals surface area (Å²) < 4.78 is 5.52. The van der Waals surface area contributed by atoms with Gasteiger partial charge < -0.3 is 20.3 Å². The van der Waals surface area contributed by atoms with Crippen LogP contribution in [0.4, 0.5) is 0 Å². The van der Waals surface area contributed by atoms with E-state index >= 15 is 0 Å². The zero-order chi connectivity index (χ0) is 20.5. The highest BCUT2D eigenvalue weighted by molar-refractivity contribution is 14.0. The molecule has 0 bridgehead atoms. The summed E-state index contributed by atoms with van der Waals surface area (Å²) >= 11 is 3.47. The smallest absolute Gasteiger partial charge is 0.243 e. The Morgan fingerprint density at radius 2 is 1.93 bits per heavy atom. The maximum atomic E-state index is 12.0. The molecule has 10 heteroatoms. The van der Waals surface area contributed by atoms with Crippen LogP contribution in [0.3, 0.4) is 0 Å². The minimum absolute atomic E-state index is 0. The summed E-state index contributed by atoms with van der Waals surface area (Å²) in [6.45, 7) is 4.87. The van der Waals surface area contributed by atoms with E-state index in [0.29, 0.717) is 19.0 Å². The van der Waals surface area contributed by atoms with Crippen LogP contribution in [0.2, 0.25) is 0 Å². The van der Waals surface area contributed by atoms with Gasteiger partial charge in [0.2, 0.25) is 5.91 Å². The maximum Gasteiger partial charge on any atom is 0.243 e. The Hall–Kier alpha value is -1.21. The van der Waals surface area contributed by atoms with Gasteiger partial charge in [0.15, 0.2) is 5.96 Å². The Balaban J connectivity index is 0.00000320. The van der Waals surface area contributed by atoms with Gasteiger partial charge in [-0.2, -0.15) is 0 Å². The van der Waals surface area contributed by atoms with Crippen molar-refractivity contribution in [2.24, 2.45) is 4.99 Å². The van der Waals surface area contributed by atoms with E-state index in [2.05, 4.69) is 49.5 Å². The largest absolute Gasteiger partial charge is 0.379 e. The third-order valence-electron chi connectivity index (χ3n) is 4.70. The second-order valence-electron chi connectivity index (χ2n) is 6.95. The average Bonchev–Trinajstić information content (AvgIpc) is 3.44. The van der Waals surface area contributed by atoms with Gasteiger partial charge in [-0.1, -0.05) is 12.1 Å². The van der Waals surface area contributed by atoms with Crippen molar-refractivity contribution in [1.82, 2.24) is 20.4 Å². The Morgan fingerprint density at radius 3 is 2.57 bits per heavy atom. The first-order valence-electron chi connectivity index (χ1n) is 9.73. The zero-order valence-electron chi connectivity index (χ0n) is 17.4. The van der Waals surface area contributed by atoms with Crippen LogP contribution in [-0.4, -0.2) is 75.2 Å². The van der Waals surface area contributed by atoms with E-state index in [9.17, 15) is 4.79 Å². The van der Waals surface area contributed by atoms with Crippen molar-refractivity contribution in [3.05, 3.63) is 44.8 Å². The lowest BCUT2D eigenvalue weighted by molar-refractivity contribution is -0.127. The van der Waals surface area contributed by atoms with Gasteiger partial charge in [0, 0.05) is 43.5 Å². The van der Waals surface area contributed by atoms with Gasteiger partial charge in [-0.3, -0.25) is 9.69 Å². The quantitative estimate of drug-likeness (QED) is 0.294. The number of carbonyl (C=O) groups is 1. The highest BCUT2D eigenvalue weighted by Crippen LogP contribution is 2.25. The van der Waals surface area contributed by atoms with Crippen molar-refractivity contribution in [3.8, 4) is 0 Å². The number of aliphatic imine (C=N–C) groups is 1. The summed E-state index contributed by atoms with van der Waals surface area (Å²) in [4.78, 5) is 23.1. The molecule has 30 heavy (non-hydrogen) atoms. The number of hydrogen-bond acceptors (Lipinski definition) is 6. The van der Waals surface area contributed by atoms with Gasteiger partial charge >= 0.3 is 0 Å². The minimum Gasteiger partial charge on any atom is -0.379 e. The van der Waals surface area contributed by atoms with E-state index in [4.69, 9.17) is 4.74 Å². The average molecular weight is 564 g/mol. The molecule has 2 aromatic rings. The Morgan fingerprint density at radius 1 is 1.20 bits per heavy atom. The molecule has 7 nitrogen and oxygen atoms in total. The monoisotopic (exact) mass is 563 g/mol. The van der Waals surface area contributed by atoms with Crippen molar-refractivity contribution in [2.75, 3.05) is 53.5 Å². The Labute approximate surface area is 203 Å². The predicted molar refractivity (Wildman–Crippen MR) is 135 cm³/mol. The van der Waals surface area contributed by atoms with E-state index in [0.717, 1.165) is 26.3 Å². The molecule has 2 aromatic heterocycles. The number of hydrogen-bond donors (Lipinski definition) is 2. The second-order valence-corrected chi connectivity index (χ2v) is 8.96. The molecule has 0 aromatic carbocycles. The SMILES string of the molecule is CN(C)C(=O)CN=C(NCc1cccs1)NCC(c1cccs1)N1CCOCC1.I. The molecule has 0 radical (unpaired) electrons. The van der Waals surface area contributed by atoms with Gasteiger partial charge in [0.25, 0.3) is 0 Å². The first kappa shape index (κ1) is 25.1. The Kier molecular flexibility index (Phi) is 11.1. The molecular weight excluding hydrogens is 533 g/mol. The predicted octanol–water partition coefficient (Wildman–Crippen LogP) is 2.62. The highest BCUT2D eigenvalue weighted by Gasteiger charge is 2.23. The van der Waals surface area contributed by atoms with Gasteiger partial charge in [0.05, 0.1) is 25.8 Å². The number of nitrogens with one attached hydrogen (secondary N) is 2. The van der Waals surface area contributed by atoms with Crippen LogP contribution >= 0.6 is 46.7 Å². The standard InChI is InChI=1S/C20H29N5O2S2.HI/c1-24(2)19(26)15-23-20(21-13-16-5-3-11-28-16)22-14-17(18-6-4-12-29-18)25-7-9-27-10-8-25;/h3-6,11-12,17H,7-10,13-15H2,1-2H3,(H2,21,22,23);1H. The summed E-state index contributed by atoms with van der Waals surface area (Å²) in [5.74, 6) is 0.633. The molecule has 1 atom stereocenters. The molecule has 1 amide bonds. The van der Waals surface area contributed by atoms with Gasteiger partial charge in [-0.15, -0.1) is 46.7 Å². The number of thiophene rings is 2. The molecule has 0 spiro atoms. The Bertz CT molecular complexity index is 762. The van der Waals surface area contributed by atoms with E-state index < -0.39 is 0 Å². The lowest BCUT2D eigenvalue weighted by atomic mass is 10.2. The summed E-state index contributed by atoms with van der Waals surface area (Å²) in [6, 6.07) is 8.64. The molecule has 3 heterocycles. The summed E-state index contributed by atoms with van der Waals surface area (Å²) in [5.41, 5.74) is 0. The first-order chi connectivity index (χ1) is 14.1. The van der Waals surface area contributed by atoms with Crippen molar-refractivity contribution in [2.45, 2.75) is 12.6 Å². The van der Waals surface area contributed by atoms with Crippen LogP contribution in [0.5, 0.6) is 0 Å². The van der Waals surface area contributed by atoms with Crippen LogP contribution in [0.1, 0.15) is 15.8 Å².